The minimum Gasteiger partial charge on any atom is -0.326 e. The van der Waals surface area contributed by atoms with E-state index in [-0.39, 0.29) is 12.1 Å². The average Bonchev–Trinajstić information content (AvgIpc) is 2.29. The lowest BCUT2D eigenvalue weighted by Gasteiger charge is -2.03. The molecule has 0 saturated heterocycles. The minimum atomic E-state index is -0.229. The lowest BCUT2D eigenvalue weighted by atomic mass is 10.2. The van der Waals surface area contributed by atoms with E-state index in [0.29, 0.717) is 22.0 Å². The van der Waals surface area contributed by atoms with Gasteiger partial charge in [0.1, 0.15) is 5.82 Å². The van der Waals surface area contributed by atoms with Crippen molar-refractivity contribution >= 4 is 11.6 Å². The number of aromatic nitrogens is 2. The Kier molecular flexibility index (Phi) is 3.03. The van der Waals surface area contributed by atoms with Crippen LogP contribution in [0.15, 0.2) is 35.3 Å². The monoisotopic (exact) mass is 235 g/mol. The molecule has 4 nitrogen and oxygen atoms in total. The van der Waals surface area contributed by atoms with Crippen LogP contribution in [0.25, 0.3) is 11.4 Å². The van der Waals surface area contributed by atoms with Gasteiger partial charge in [-0.2, -0.15) is 0 Å². The molecule has 0 spiro atoms. The Morgan fingerprint density at radius 2 is 2.12 bits per heavy atom. The predicted molar refractivity (Wildman–Crippen MR) is 63.2 cm³/mol. The van der Waals surface area contributed by atoms with Crippen LogP contribution < -0.4 is 11.3 Å². The Bertz CT molecular complexity index is 565. The normalized spacial score (nSPS) is 10.4. The van der Waals surface area contributed by atoms with Crippen LogP contribution >= 0.6 is 11.6 Å². The highest BCUT2D eigenvalue weighted by molar-refractivity contribution is 6.33. The van der Waals surface area contributed by atoms with Gasteiger partial charge in [-0.15, -0.1) is 0 Å². The number of nitrogens with two attached hydrogens (primary N) is 1. The van der Waals surface area contributed by atoms with Crippen LogP contribution in [0, 0.1) is 0 Å². The molecule has 0 saturated carbocycles. The lowest BCUT2D eigenvalue weighted by molar-refractivity contribution is 0.979. The second-order valence-corrected chi connectivity index (χ2v) is 3.68. The number of nitrogens with one attached hydrogen (secondary N) is 1. The van der Waals surface area contributed by atoms with Crippen molar-refractivity contribution in [1.29, 1.82) is 0 Å². The molecule has 16 heavy (non-hydrogen) atoms. The first kappa shape index (κ1) is 10.9. The first-order valence-corrected chi connectivity index (χ1v) is 5.13. The van der Waals surface area contributed by atoms with E-state index in [4.69, 9.17) is 17.3 Å². The van der Waals surface area contributed by atoms with Gasteiger partial charge in [0.25, 0.3) is 5.56 Å². The number of H-pyrrole nitrogens is 1. The molecule has 0 amide bonds. The number of halogens is 1. The fourth-order valence-corrected chi connectivity index (χ4v) is 1.58. The van der Waals surface area contributed by atoms with Gasteiger partial charge < -0.3 is 10.7 Å². The van der Waals surface area contributed by atoms with Gasteiger partial charge >= 0.3 is 0 Å². The molecule has 0 atom stereocenters. The van der Waals surface area contributed by atoms with E-state index in [0.717, 1.165) is 0 Å². The summed E-state index contributed by atoms with van der Waals surface area (Å²) < 4.78 is 0. The molecule has 2 aromatic rings. The molecule has 5 heteroatoms. The van der Waals surface area contributed by atoms with Crippen molar-refractivity contribution in [3.8, 4) is 11.4 Å². The minimum absolute atomic E-state index is 0.172. The molecule has 1 aromatic carbocycles. The van der Waals surface area contributed by atoms with Crippen molar-refractivity contribution in [3.63, 3.8) is 0 Å². The van der Waals surface area contributed by atoms with Gasteiger partial charge in [-0.1, -0.05) is 23.7 Å². The summed E-state index contributed by atoms with van der Waals surface area (Å²) in [5.41, 5.74) is 6.31. The standard InChI is InChI=1S/C11H10ClN3O/c12-9-4-2-1-3-8(9)10-14-6-7(5-13)11(16)15-10/h1-4,6H,5,13H2,(H,14,15,16). The van der Waals surface area contributed by atoms with Crippen molar-refractivity contribution in [1.82, 2.24) is 9.97 Å². The first-order valence-electron chi connectivity index (χ1n) is 4.75. The van der Waals surface area contributed by atoms with Crippen molar-refractivity contribution in [2.24, 2.45) is 5.73 Å². The second-order valence-electron chi connectivity index (χ2n) is 3.27. The van der Waals surface area contributed by atoms with Crippen molar-refractivity contribution in [2.45, 2.75) is 6.54 Å². The molecule has 3 N–H and O–H groups in total. The maximum absolute atomic E-state index is 11.5. The molecule has 0 aliphatic heterocycles. The zero-order valence-electron chi connectivity index (χ0n) is 8.40. The summed E-state index contributed by atoms with van der Waals surface area (Å²) in [6.07, 6.45) is 1.47. The summed E-state index contributed by atoms with van der Waals surface area (Å²) in [7, 11) is 0. The Labute approximate surface area is 97.1 Å². The van der Waals surface area contributed by atoms with Gasteiger partial charge in [-0.05, 0) is 12.1 Å². The third-order valence-electron chi connectivity index (χ3n) is 2.22. The van der Waals surface area contributed by atoms with E-state index in [9.17, 15) is 4.79 Å². The summed E-state index contributed by atoms with van der Waals surface area (Å²) in [5, 5.41) is 0.547. The van der Waals surface area contributed by atoms with Gasteiger partial charge in [-0.3, -0.25) is 4.79 Å². The maximum atomic E-state index is 11.5. The predicted octanol–water partition coefficient (Wildman–Crippen LogP) is 1.55. The van der Waals surface area contributed by atoms with Crippen LogP contribution in [0.2, 0.25) is 5.02 Å². The number of rotatable bonds is 2. The number of nitrogens with zero attached hydrogens (tertiary/aromatic N) is 1. The number of hydrogen-bond donors (Lipinski definition) is 2. The Hall–Kier alpha value is -1.65. The van der Waals surface area contributed by atoms with Crippen LogP contribution in [-0.2, 0) is 6.54 Å². The van der Waals surface area contributed by atoms with Gasteiger partial charge in [0.05, 0.1) is 5.02 Å². The molecule has 0 bridgehead atoms. The van der Waals surface area contributed by atoms with Crippen molar-refractivity contribution < 1.29 is 0 Å². The van der Waals surface area contributed by atoms with Crippen LogP contribution in [-0.4, -0.2) is 9.97 Å². The highest BCUT2D eigenvalue weighted by atomic mass is 35.5. The number of hydrogen-bond acceptors (Lipinski definition) is 3. The molecule has 0 radical (unpaired) electrons. The van der Waals surface area contributed by atoms with E-state index in [1.165, 1.54) is 6.20 Å². The van der Waals surface area contributed by atoms with Crippen LogP contribution in [0.4, 0.5) is 0 Å². The highest BCUT2D eigenvalue weighted by Crippen LogP contribution is 2.23. The molecule has 1 aromatic heterocycles. The third kappa shape index (κ3) is 1.98. The molecule has 0 unspecified atom stereocenters. The topological polar surface area (TPSA) is 71.8 Å². The van der Waals surface area contributed by atoms with E-state index < -0.39 is 0 Å². The van der Waals surface area contributed by atoms with E-state index in [1.54, 1.807) is 12.1 Å². The van der Waals surface area contributed by atoms with Crippen LogP contribution in [0.3, 0.4) is 0 Å². The van der Waals surface area contributed by atoms with Crippen molar-refractivity contribution in [3.05, 3.63) is 51.4 Å². The average molecular weight is 236 g/mol. The molecule has 82 valence electrons. The Morgan fingerprint density at radius 3 is 2.75 bits per heavy atom. The van der Waals surface area contributed by atoms with Crippen molar-refractivity contribution in [2.75, 3.05) is 0 Å². The molecule has 0 fully saturated rings. The number of benzene rings is 1. The molecule has 1 heterocycles. The third-order valence-corrected chi connectivity index (χ3v) is 2.55. The quantitative estimate of drug-likeness (QED) is 0.830. The summed E-state index contributed by atoms with van der Waals surface area (Å²) >= 11 is 6.00. The van der Waals surface area contributed by atoms with Crippen LogP contribution in [0.5, 0.6) is 0 Å². The smallest absolute Gasteiger partial charge is 0.255 e. The van der Waals surface area contributed by atoms with Gasteiger partial charge in [-0.25, -0.2) is 4.98 Å². The highest BCUT2D eigenvalue weighted by Gasteiger charge is 2.06. The van der Waals surface area contributed by atoms with E-state index in [2.05, 4.69) is 9.97 Å². The lowest BCUT2D eigenvalue weighted by Crippen LogP contribution is -2.17. The summed E-state index contributed by atoms with van der Waals surface area (Å²) in [4.78, 5) is 18.3. The van der Waals surface area contributed by atoms with Crippen LogP contribution in [0.1, 0.15) is 5.56 Å². The van der Waals surface area contributed by atoms with Gasteiger partial charge in [0, 0.05) is 23.9 Å². The summed E-state index contributed by atoms with van der Waals surface area (Å²) in [6.45, 7) is 0.172. The number of aromatic amines is 1. The van der Waals surface area contributed by atoms with E-state index >= 15 is 0 Å². The van der Waals surface area contributed by atoms with E-state index in [1.807, 2.05) is 12.1 Å². The molecular formula is C11H10ClN3O. The maximum Gasteiger partial charge on any atom is 0.255 e. The Morgan fingerprint density at radius 1 is 1.38 bits per heavy atom. The SMILES string of the molecule is NCc1cnc(-c2ccccc2Cl)[nH]c1=O. The van der Waals surface area contributed by atoms with Gasteiger partial charge in [0.2, 0.25) is 0 Å². The zero-order chi connectivity index (χ0) is 11.5. The molecule has 0 aliphatic carbocycles. The molecular weight excluding hydrogens is 226 g/mol. The Balaban J connectivity index is 2.54. The fraction of sp³-hybridized carbons (Fsp3) is 0.0909. The summed E-state index contributed by atoms with van der Waals surface area (Å²) in [6, 6.07) is 7.19. The summed E-state index contributed by atoms with van der Waals surface area (Å²) in [5.74, 6) is 0.452. The molecule has 0 aliphatic rings. The van der Waals surface area contributed by atoms with Gasteiger partial charge in [0.15, 0.2) is 0 Å². The largest absolute Gasteiger partial charge is 0.326 e. The molecule has 2 rings (SSSR count). The second kappa shape index (κ2) is 4.47. The fourth-order valence-electron chi connectivity index (χ4n) is 1.36. The first-order chi connectivity index (χ1) is 7.72. The zero-order valence-corrected chi connectivity index (χ0v) is 9.16.